The molecule has 29 heavy (non-hydrogen) atoms. The monoisotopic (exact) mass is 390 g/mol. The molecule has 0 saturated carbocycles. The largest absolute Gasteiger partial charge is 0.507 e. The average Bonchev–Trinajstić information content (AvgIpc) is 2.69. The van der Waals surface area contributed by atoms with Crippen LogP contribution in [0.1, 0.15) is 27.6 Å². The number of carbonyl (C=O) groups excluding carboxylic acids is 3. The first-order valence-corrected chi connectivity index (χ1v) is 8.71. The van der Waals surface area contributed by atoms with Gasteiger partial charge in [-0.1, -0.05) is 18.2 Å². The van der Waals surface area contributed by atoms with E-state index in [4.69, 9.17) is 4.74 Å². The molecule has 0 unspecified atom stereocenters. The molecule has 7 nitrogen and oxygen atoms in total. The zero-order valence-corrected chi connectivity index (χ0v) is 15.5. The van der Waals surface area contributed by atoms with Crippen molar-refractivity contribution in [2.45, 2.75) is 6.92 Å². The van der Waals surface area contributed by atoms with E-state index in [-0.39, 0.29) is 23.0 Å². The number of phenolic OH excluding ortho intramolecular Hbond substituents is 1. The van der Waals surface area contributed by atoms with Gasteiger partial charge < -0.3 is 20.5 Å². The Balaban J connectivity index is 1.65. The quantitative estimate of drug-likeness (QED) is 0.454. The Bertz CT molecular complexity index is 1060. The molecule has 0 radical (unpaired) electrons. The molecule has 3 rings (SSSR count). The zero-order chi connectivity index (χ0) is 20.8. The number of rotatable bonds is 5. The Morgan fingerprint density at radius 1 is 0.793 bits per heavy atom. The number of nitrogens with one attached hydrogen (secondary N) is 2. The number of esters is 1. The molecule has 0 atom stereocenters. The van der Waals surface area contributed by atoms with E-state index >= 15 is 0 Å². The summed E-state index contributed by atoms with van der Waals surface area (Å²) in [6.45, 7) is 1.28. The predicted octanol–water partition coefficient (Wildman–Crippen LogP) is 3.82. The predicted molar refractivity (Wildman–Crippen MR) is 108 cm³/mol. The van der Waals surface area contributed by atoms with Crippen molar-refractivity contribution in [1.82, 2.24) is 0 Å². The summed E-state index contributed by atoms with van der Waals surface area (Å²) in [7, 11) is 0. The van der Waals surface area contributed by atoms with E-state index in [1.54, 1.807) is 54.6 Å². The third-order valence-electron chi connectivity index (χ3n) is 3.91. The lowest BCUT2D eigenvalue weighted by Gasteiger charge is -2.09. The van der Waals surface area contributed by atoms with Gasteiger partial charge in [-0.15, -0.1) is 0 Å². The molecule has 0 bridgehead atoms. The molecule has 0 aliphatic heterocycles. The van der Waals surface area contributed by atoms with Gasteiger partial charge in [0.25, 0.3) is 11.8 Å². The van der Waals surface area contributed by atoms with Gasteiger partial charge in [-0.2, -0.15) is 0 Å². The molecule has 0 aromatic heterocycles. The van der Waals surface area contributed by atoms with Crippen molar-refractivity contribution >= 4 is 29.2 Å². The fourth-order valence-corrected chi connectivity index (χ4v) is 2.57. The molecule has 3 N–H and O–H groups in total. The van der Waals surface area contributed by atoms with E-state index < -0.39 is 11.9 Å². The second-order valence-corrected chi connectivity index (χ2v) is 6.12. The Morgan fingerprint density at radius 2 is 1.41 bits per heavy atom. The van der Waals surface area contributed by atoms with Gasteiger partial charge in [0, 0.05) is 23.9 Å². The van der Waals surface area contributed by atoms with Crippen LogP contribution in [-0.4, -0.2) is 22.9 Å². The van der Waals surface area contributed by atoms with Gasteiger partial charge in [0.15, 0.2) is 0 Å². The van der Waals surface area contributed by atoms with E-state index in [0.29, 0.717) is 16.9 Å². The van der Waals surface area contributed by atoms with Crippen molar-refractivity contribution in [1.29, 1.82) is 0 Å². The topological polar surface area (TPSA) is 105 Å². The molecule has 7 heteroatoms. The van der Waals surface area contributed by atoms with Crippen molar-refractivity contribution in [2.75, 3.05) is 10.6 Å². The van der Waals surface area contributed by atoms with Gasteiger partial charge >= 0.3 is 5.97 Å². The highest BCUT2D eigenvalue weighted by molar-refractivity contribution is 6.07. The van der Waals surface area contributed by atoms with Crippen LogP contribution in [0.2, 0.25) is 0 Å². The fraction of sp³-hybridized carbons (Fsp3) is 0.0455. The summed E-state index contributed by atoms with van der Waals surface area (Å²) in [6, 6.07) is 19.0. The Kier molecular flexibility index (Phi) is 5.89. The van der Waals surface area contributed by atoms with E-state index in [9.17, 15) is 19.5 Å². The summed E-state index contributed by atoms with van der Waals surface area (Å²) in [5, 5.41) is 15.1. The van der Waals surface area contributed by atoms with E-state index in [1.807, 2.05) is 0 Å². The smallest absolute Gasteiger partial charge is 0.308 e. The van der Waals surface area contributed by atoms with Gasteiger partial charge in [0.1, 0.15) is 11.5 Å². The summed E-state index contributed by atoms with van der Waals surface area (Å²) in [5.41, 5.74) is 1.53. The van der Waals surface area contributed by atoms with Crippen molar-refractivity contribution in [3.8, 4) is 11.5 Å². The molecule has 0 spiro atoms. The van der Waals surface area contributed by atoms with Gasteiger partial charge in [0.2, 0.25) is 0 Å². The number of aromatic hydroxyl groups is 1. The van der Waals surface area contributed by atoms with Gasteiger partial charge in [0.05, 0.1) is 5.56 Å². The van der Waals surface area contributed by atoms with Crippen LogP contribution in [-0.2, 0) is 4.79 Å². The third-order valence-corrected chi connectivity index (χ3v) is 3.91. The number of anilines is 2. The molecule has 0 aliphatic carbocycles. The average molecular weight is 390 g/mol. The Morgan fingerprint density at radius 3 is 2.03 bits per heavy atom. The van der Waals surface area contributed by atoms with Gasteiger partial charge in [-0.3, -0.25) is 14.4 Å². The zero-order valence-electron chi connectivity index (χ0n) is 15.5. The highest BCUT2D eigenvalue weighted by Crippen LogP contribution is 2.20. The van der Waals surface area contributed by atoms with Crippen molar-refractivity contribution in [2.24, 2.45) is 0 Å². The fourth-order valence-electron chi connectivity index (χ4n) is 2.57. The number of carbonyl (C=O) groups is 3. The highest BCUT2D eigenvalue weighted by atomic mass is 16.5. The maximum Gasteiger partial charge on any atom is 0.308 e. The molecular weight excluding hydrogens is 372 g/mol. The van der Waals surface area contributed by atoms with E-state index in [2.05, 4.69) is 10.6 Å². The Hall–Kier alpha value is -4.13. The first-order chi connectivity index (χ1) is 13.9. The lowest BCUT2D eigenvalue weighted by Crippen LogP contribution is -2.13. The third kappa shape index (κ3) is 5.20. The van der Waals surface area contributed by atoms with Crippen LogP contribution < -0.4 is 15.4 Å². The van der Waals surface area contributed by atoms with Crippen LogP contribution in [0.4, 0.5) is 11.4 Å². The number of amides is 2. The van der Waals surface area contributed by atoms with Crippen molar-refractivity contribution in [3.05, 3.63) is 83.9 Å². The van der Waals surface area contributed by atoms with E-state index in [0.717, 1.165) is 0 Å². The van der Waals surface area contributed by atoms with Crippen LogP contribution in [0.25, 0.3) is 0 Å². The molecule has 0 heterocycles. The number of hydrogen-bond acceptors (Lipinski definition) is 5. The second kappa shape index (κ2) is 8.71. The van der Waals surface area contributed by atoms with Crippen molar-refractivity contribution in [3.63, 3.8) is 0 Å². The van der Waals surface area contributed by atoms with Crippen LogP contribution in [0.5, 0.6) is 11.5 Å². The summed E-state index contributed by atoms with van der Waals surface area (Å²) < 4.78 is 4.98. The highest BCUT2D eigenvalue weighted by Gasteiger charge is 2.11. The van der Waals surface area contributed by atoms with Crippen LogP contribution in [0.3, 0.4) is 0 Å². The SMILES string of the molecule is CC(=O)Oc1cccc(C(=O)Nc2ccc(NC(=O)c3ccccc3O)cc2)c1. The second-order valence-electron chi connectivity index (χ2n) is 6.12. The molecule has 0 aliphatic rings. The maximum atomic E-state index is 12.4. The molecular formula is C22H18N2O5. The van der Waals surface area contributed by atoms with Gasteiger partial charge in [-0.25, -0.2) is 0 Å². The van der Waals surface area contributed by atoms with Crippen molar-refractivity contribution < 1.29 is 24.2 Å². The minimum atomic E-state index is -0.469. The van der Waals surface area contributed by atoms with Crippen LogP contribution in [0.15, 0.2) is 72.8 Å². The minimum Gasteiger partial charge on any atom is -0.507 e. The van der Waals surface area contributed by atoms with Crippen LogP contribution in [0, 0.1) is 0 Å². The number of hydrogen-bond donors (Lipinski definition) is 3. The maximum absolute atomic E-state index is 12.4. The van der Waals surface area contributed by atoms with E-state index in [1.165, 1.54) is 25.1 Å². The summed E-state index contributed by atoms with van der Waals surface area (Å²) in [4.78, 5) is 35.6. The molecule has 0 fully saturated rings. The normalized spacial score (nSPS) is 10.1. The summed E-state index contributed by atoms with van der Waals surface area (Å²) in [5.74, 6) is -1.10. The molecule has 0 saturated heterocycles. The minimum absolute atomic E-state index is 0.107. The number of ether oxygens (including phenoxy) is 1. The number of phenols is 1. The molecule has 3 aromatic carbocycles. The lowest BCUT2D eigenvalue weighted by atomic mass is 10.1. The first kappa shape index (κ1) is 19.6. The number of benzene rings is 3. The molecule has 2 amide bonds. The first-order valence-electron chi connectivity index (χ1n) is 8.71. The standard InChI is InChI=1S/C22H18N2O5/c1-14(25)29-18-6-4-5-15(13-18)21(27)23-16-9-11-17(12-10-16)24-22(28)19-7-2-3-8-20(19)26/h2-13,26H,1H3,(H,23,27)(H,24,28). The summed E-state index contributed by atoms with van der Waals surface area (Å²) in [6.07, 6.45) is 0. The lowest BCUT2D eigenvalue weighted by molar-refractivity contribution is -0.131. The molecule has 146 valence electrons. The summed E-state index contributed by atoms with van der Waals surface area (Å²) >= 11 is 0. The molecule has 3 aromatic rings. The number of para-hydroxylation sites is 1. The van der Waals surface area contributed by atoms with Gasteiger partial charge in [-0.05, 0) is 54.6 Å². The Labute approximate surface area is 166 Å². The van der Waals surface area contributed by atoms with Crippen LogP contribution >= 0.6 is 0 Å².